The number of amides is 1. The van der Waals surface area contributed by atoms with Crippen LogP contribution in [-0.4, -0.2) is 49.7 Å². The van der Waals surface area contributed by atoms with Gasteiger partial charge in [-0.1, -0.05) is 0 Å². The minimum absolute atomic E-state index is 0.0870. The van der Waals surface area contributed by atoms with Gasteiger partial charge in [0.15, 0.2) is 0 Å². The molecule has 0 aromatic rings. The number of nitrogens with one attached hydrogen (secondary N) is 1. The summed E-state index contributed by atoms with van der Waals surface area (Å²) in [5, 5.41) is 3.28. The monoisotopic (exact) mass is 186 g/mol. The van der Waals surface area contributed by atoms with Gasteiger partial charge in [-0.25, -0.2) is 0 Å². The highest BCUT2D eigenvalue weighted by molar-refractivity contribution is 5.78. The molecular formula is C9H18N2O2. The Morgan fingerprint density at radius 3 is 2.46 bits per heavy atom. The van der Waals surface area contributed by atoms with Crippen LogP contribution in [-0.2, 0) is 9.53 Å². The highest BCUT2D eigenvalue weighted by Crippen LogP contribution is 2.09. The number of methoxy groups -OCH3 is 1. The molecule has 1 heterocycles. The van der Waals surface area contributed by atoms with Gasteiger partial charge in [0.2, 0.25) is 5.91 Å². The lowest BCUT2D eigenvalue weighted by Gasteiger charge is -2.39. The maximum atomic E-state index is 11.6. The molecular weight excluding hydrogens is 168 g/mol. The summed E-state index contributed by atoms with van der Waals surface area (Å²) in [7, 11) is 1.55. The van der Waals surface area contributed by atoms with Crippen molar-refractivity contribution in [3.05, 3.63) is 0 Å². The van der Waals surface area contributed by atoms with Crippen LogP contribution in [0.15, 0.2) is 0 Å². The molecule has 1 aliphatic heterocycles. The van der Waals surface area contributed by atoms with Crippen molar-refractivity contribution in [1.82, 2.24) is 10.2 Å². The Hall–Kier alpha value is -0.610. The number of ether oxygens (including phenoxy) is 1. The van der Waals surface area contributed by atoms with E-state index in [1.54, 1.807) is 7.11 Å². The predicted molar refractivity (Wildman–Crippen MR) is 50.5 cm³/mol. The largest absolute Gasteiger partial charge is 0.375 e. The van der Waals surface area contributed by atoms with Gasteiger partial charge in [-0.2, -0.15) is 0 Å². The van der Waals surface area contributed by atoms with E-state index in [1.807, 2.05) is 4.90 Å². The van der Waals surface area contributed by atoms with Crippen LogP contribution in [0.25, 0.3) is 0 Å². The lowest BCUT2D eigenvalue weighted by Crippen LogP contribution is -2.58. The molecule has 0 spiro atoms. The molecule has 4 heteroatoms. The lowest BCUT2D eigenvalue weighted by molar-refractivity contribution is -0.140. The van der Waals surface area contributed by atoms with Crippen molar-refractivity contribution in [2.24, 2.45) is 0 Å². The zero-order chi connectivity index (χ0) is 9.84. The zero-order valence-corrected chi connectivity index (χ0v) is 8.54. The van der Waals surface area contributed by atoms with Crippen molar-refractivity contribution < 1.29 is 9.53 Å². The van der Waals surface area contributed by atoms with Crippen LogP contribution in [0.1, 0.15) is 13.8 Å². The maximum absolute atomic E-state index is 11.6. The number of carbonyl (C=O) groups is 1. The van der Waals surface area contributed by atoms with E-state index >= 15 is 0 Å². The molecule has 0 bridgehead atoms. The molecule has 2 atom stereocenters. The fourth-order valence-corrected chi connectivity index (χ4v) is 1.82. The van der Waals surface area contributed by atoms with Crippen molar-refractivity contribution in [2.75, 3.05) is 26.8 Å². The third-order valence-corrected chi connectivity index (χ3v) is 2.39. The van der Waals surface area contributed by atoms with Crippen molar-refractivity contribution >= 4 is 5.91 Å². The van der Waals surface area contributed by atoms with E-state index in [1.165, 1.54) is 0 Å². The Balaban J connectivity index is 2.57. The third-order valence-electron chi connectivity index (χ3n) is 2.39. The lowest BCUT2D eigenvalue weighted by atomic mass is 10.1. The fraction of sp³-hybridized carbons (Fsp3) is 0.889. The summed E-state index contributed by atoms with van der Waals surface area (Å²) >= 11 is 0. The Bertz CT molecular complexity index is 174. The fourth-order valence-electron chi connectivity index (χ4n) is 1.82. The van der Waals surface area contributed by atoms with E-state index < -0.39 is 0 Å². The van der Waals surface area contributed by atoms with E-state index in [0.29, 0.717) is 0 Å². The summed E-state index contributed by atoms with van der Waals surface area (Å²) in [5.74, 6) is 0.0870. The summed E-state index contributed by atoms with van der Waals surface area (Å²) in [6, 6.07) is 0.540. The van der Waals surface area contributed by atoms with Crippen molar-refractivity contribution in [3.63, 3.8) is 0 Å². The van der Waals surface area contributed by atoms with Gasteiger partial charge in [-0.3, -0.25) is 4.79 Å². The van der Waals surface area contributed by atoms with Gasteiger partial charge < -0.3 is 15.0 Å². The van der Waals surface area contributed by atoms with Crippen molar-refractivity contribution in [3.8, 4) is 0 Å². The first kappa shape index (κ1) is 10.5. The van der Waals surface area contributed by atoms with Gasteiger partial charge in [0, 0.05) is 32.3 Å². The SMILES string of the molecule is COCC(=O)N1[C@@H](C)CNC[C@@H]1C. The Kier molecular flexibility index (Phi) is 3.69. The van der Waals surface area contributed by atoms with Gasteiger partial charge in [-0.05, 0) is 13.8 Å². The molecule has 0 unspecified atom stereocenters. The van der Waals surface area contributed by atoms with Crippen LogP contribution < -0.4 is 5.32 Å². The molecule has 0 saturated carbocycles. The molecule has 13 heavy (non-hydrogen) atoms. The zero-order valence-electron chi connectivity index (χ0n) is 8.54. The van der Waals surface area contributed by atoms with E-state index in [2.05, 4.69) is 19.2 Å². The predicted octanol–water partition coefficient (Wildman–Crippen LogP) is -0.158. The molecule has 1 aliphatic rings. The molecule has 0 aromatic heterocycles. The highest BCUT2D eigenvalue weighted by atomic mass is 16.5. The first-order valence-corrected chi connectivity index (χ1v) is 4.67. The molecule has 1 N–H and O–H groups in total. The van der Waals surface area contributed by atoms with Gasteiger partial charge in [0.25, 0.3) is 0 Å². The molecule has 1 saturated heterocycles. The van der Waals surface area contributed by atoms with Gasteiger partial charge >= 0.3 is 0 Å². The third kappa shape index (κ3) is 2.42. The van der Waals surface area contributed by atoms with E-state index in [4.69, 9.17) is 4.74 Å². The van der Waals surface area contributed by atoms with Gasteiger partial charge in [-0.15, -0.1) is 0 Å². The molecule has 1 amide bonds. The number of hydrogen-bond donors (Lipinski definition) is 1. The number of nitrogens with zero attached hydrogens (tertiary/aromatic N) is 1. The van der Waals surface area contributed by atoms with Crippen LogP contribution >= 0.6 is 0 Å². The van der Waals surface area contributed by atoms with E-state index in [-0.39, 0.29) is 24.6 Å². The Labute approximate surface area is 79.2 Å². The summed E-state index contributed by atoms with van der Waals surface area (Å²) in [5.41, 5.74) is 0. The second-order valence-corrected chi connectivity index (χ2v) is 3.59. The average Bonchev–Trinajstić information content (AvgIpc) is 2.04. The summed E-state index contributed by atoms with van der Waals surface area (Å²) in [6.07, 6.45) is 0. The van der Waals surface area contributed by atoms with Crippen LogP contribution in [0, 0.1) is 0 Å². The molecule has 0 aliphatic carbocycles. The number of piperazine rings is 1. The molecule has 4 nitrogen and oxygen atoms in total. The second kappa shape index (κ2) is 4.58. The average molecular weight is 186 g/mol. The number of hydrogen-bond acceptors (Lipinski definition) is 3. The van der Waals surface area contributed by atoms with Crippen LogP contribution in [0.4, 0.5) is 0 Å². The molecule has 76 valence electrons. The minimum atomic E-state index is 0.0870. The quantitative estimate of drug-likeness (QED) is 0.651. The summed E-state index contributed by atoms with van der Waals surface area (Å²) in [6.45, 7) is 6.04. The maximum Gasteiger partial charge on any atom is 0.249 e. The van der Waals surface area contributed by atoms with E-state index in [9.17, 15) is 4.79 Å². The molecule has 1 rings (SSSR count). The Morgan fingerprint density at radius 1 is 1.46 bits per heavy atom. The number of rotatable bonds is 2. The smallest absolute Gasteiger partial charge is 0.249 e. The van der Waals surface area contributed by atoms with E-state index in [0.717, 1.165) is 13.1 Å². The van der Waals surface area contributed by atoms with Crippen molar-refractivity contribution in [2.45, 2.75) is 25.9 Å². The van der Waals surface area contributed by atoms with Crippen LogP contribution in [0.5, 0.6) is 0 Å². The standard InChI is InChI=1S/C9H18N2O2/c1-7-4-10-5-8(2)11(7)9(12)6-13-3/h7-8,10H,4-6H2,1-3H3/t7-,8-/m0/s1. The van der Waals surface area contributed by atoms with Gasteiger partial charge in [0.1, 0.15) is 6.61 Å². The van der Waals surface area contributed by atoms with Gasteiger partial charge in [0.05, 0.1) is 0 Å². The topological polar surface area (TPSA) is 41.6 Å². The summed E-state index contributed by atoms with van der Waals surface area (Å²) in [4.78, 5) is 13.5. The molecule has 0 radical (unpaired) electrons. The second-order valence-electron chi connectivity index (χ2n) is 3.59. The first-order chi connectivity index (χ1) is 6.16. The molecule has 1 fully saturated rings. The summed E-state index contributed by atoms with van der Waals surface area (Å²) < 4.78 is 4.84. The van der Waals surface area contributed by atoms with Crippen molar-refractivity contribution in [1.29, 1.82) is 0 Å². The molecule has 0 aromatic carbocycles. The Morgan fingerprint density at radius 2 is 2.00 bits per heavy atom. The van der Waals surface area contributed by atoms with Crippen LogP contribution in [0.3, 0.4) is 0 Å². The minimum Gasteiger partial charge on any atom is -0.375 e. The first-order valence-electron chi connectivity index (χ1n) is 4.67. The highest BCUT2D eigenvalue weighted by Gasteiger charge is 2.28. The number of carbonyl (C=O) groups excluding carboxylic acids is 1. The normalized spacial score (nSPS) is 29.0. The van der Waals surface area contributed by atoms with Crippen LogP contribution in [0.2, 0.25) is 0 Å².